The molecule has 5 heteroatoms. The fourth-order valence-corrected chi connectivity index (χ4v) is 2.57. The van der Waals surface area contributed by atoms with E-state index >= 15 is 0 Å². The minimum absolute atomic E-state index is 0.119. The molecule has 0 spiro atoms. The summed E-state index contributed by atoms with van der Waals surface area (Å²) in [6, 6.07) is 0.326. The molecule has 5 nitrogen and oxygen atoms in total. The third-order valence-corrected chi connectivity index (χ3v) is 3.60. The number of hydrogen-bond acceptors (Lipinski definition) is 3. The van der Waals surface area contributed by atoms with Gasteiger partial charge in [0.25, 0.3) is 0 Å². The van der Waals surface area contributed by atoms with Gasteiger partial charge in [0.2, 0.25) is 11.8 Å². The molecule has 4 N–H and O–H groups in total. The minimum atomic E-state index is -0.301. The quantitative estimate of drug-likeness (QED) is 0.527. The van der Waals surface area contributed by atoms with Gasteiger partial charge in [-0.25, -0.2) is 0 Å². The minimum Gasteiger partial charge on any atom is -0.370 e. The molecule has 0 aromatic rings. The Labute approximate surface area is 109 Å². The van der Waals surface area contributed by atoms with Crippen LogP contribution in [0.3, 0.4) is 0 Å². The highest BCUT2D eigenvalue weighted by atomic mass is 16.2. The Bertz CT molecular complexity index is 275. The van der Waals surface area contributed by atoms with Gasteiger partial charge < -0.3 is 16.4 Å². The van der Waals surface area contributed by atoms with Crippen LogP contribution in [-0.4, -0.2) is 29.4 Å². The molecular weight excluding hydrogens is 230 g/mol. The molecule has 0 aromatic carbocycles. The number of rotatable bonds is 7. The fourth-order valence-electron chi connectivity index (χ4n) is 2.57. The van der Waals surface area contributed by atoms with Crippen LogP contribution >= 0.6 is 0 Å². The van der Waals surface area contributed by atoms with Crippen LogP contribution in [0.2, 0.25) is 0 Å². The lowest BCUT2D eigenvalue weighted by atomic mass is 9.94. The van der Waals surface area contributed by atoms with Crippen molar-refractivity contribution >= 4 is 11.8 Å². The van der Waals surface area contributed by atoms with E-state index in [9.17, 15) is 9.59 Å². The van der Waals surface area contributed by atoms with Gasteiger partial charge in [-0.1, -0.05) is 19.3 Å². The molecule has 0 bridgehead atoms. The van der Waals surface area contributed by atoms with E-state index in [4.69, 9.17) is 11.5 Å². The summed E-state index contributed by atoms with van der Waals surface area (Å²) >= 11 is 0. The molecule has 0 heterocycles. The molecule has 1 saturated carbocycles. The van der Waals surface area contributed by atoms with E-state index < -0.39 is 0 Å². The molecule has 104 valence electrons. The molecule has 1 aliphatic carbocycles. The van der Waals surface area contributed by atoms with Crippen molar-refractivity contribution in [3.8, 4) is 0 Å². The third kappa shape index (κ3) is 5.04. The van der Waals surface area contributed by atoms with Crippen LogP contribution in [0.1, 0.15) is 57.8 Å². The van der Waals surface area contributed by atoms with E-state index in [1.165, 1.54) is 19.3 Å². The topological polar surface area (TPSA) is 89.4 Å². The Balaban J connectivity index is 2.29. The number of amides is 2. The fraction of sp³-hybridized carbons (Fsp3) is 0.846. The van der Waals surface area contributed by atoms with Crippen LogP contribution < -0.4 is 11.5 Å². The van der Waals surface area contributed by atoms with Crippen LogP contribution in [-0.2, 0) is 9.59 Å². The average molecular weight is 255 g/mol. The smallest absolute Gasteiger partial charge is 0.223 e. The number of carbonyl (C=O) groups is 2. The predicted molar refractivity (Wildman–Crippen MR) is 70.4 cm³/mol. The van der Waals surface area contributed by atoms with Crippen molar-refractivity contribution in [1.29, 1.82) is 0 Å². The van der Waals surface area contributed by atoms with Gasteiger partial charge in [0.15, 0.2) is 0 Å². The third-order valence-electron chi connectivity index (χ3n) is 3.60. The van der Waals surface area contributed by atoms with E-state index in [1.54, 1.807) is 0 Å². The Morgan fingerprint density at radius 1 is 1.06 bits per heavy atom. The zero-order chi connectivity index (χ0) is 13.4. The largest absolute Gasteiger partial charge is 0.370 e. The molecule has 0 saturated heterocycles. The molecule has 1 rings (SSSR count). The van der Waals surface area contributed by atoms with Gasteiger partial charge in [-0.3, -0.25) is 9.59 Å². The molecule has 0 radical (unpaired) electrons. The van der Waals surface area contributed by atoms with Crippen molar-refractivity contribution in [1.82, 2.24) is 4.90 Å². The summed E-state index contributed by atoms with van der Waals surface area (Å²) in [5.74, 6) is -0.181. The second-order valence-electron chi connectivity index (χ2n) is 5.01. The lowest BCUT2D eigenvalue weighted by Crippen LogP contribution is -2.44. The number of carbonyl (C=O) groups excluding carboxylic acids is 2. The molecule has 0 atom stereocenters. The average Bonchev–Trinajstić information content (AvgIpc) is 2.36. The van der Waals surface area contributed by atoms with Gasteiger partial charge in [0.05, 0.1) is 6.67 Å². The summed E-state index contributed by atoms with van der Waals surface area (Å²) in [5, 5.41) is 0. The first kappa shape index (κ1) is 15.0. The van der Waals surface area contributed by atoms with E-state index in [2.05, 4.69) is 0 Å². The normalized spacial score (nSPS) is 16.5. The maximum atomic E-state index is 12.0. The molecule has 0 unspecified atom stereocenters. The maximum absolute atomic E-state index is 12.0. The summed E-state index contributed by atoms with van der Waals surface area (Å²) in [6.45, 7) is 0.305. The Morgan fingerprint density at radius 3 is 2.22 bits per heavy atom. The molecule has 18 heavy (non-hydrogen) atoms. The molecule has 0 aromatic heterocycles. The van der Waals surface area contributed by atoms with Crippen molar-refractivity contribution in [2.24, 2.45) is 11.5 Å². The van der Waals surface area contributed by atoms with Crippen molar-refractivity contribution in [2.45, 2.75) is 63.8 Å². The first-order chi connectivity index (χ1) is 8.65. The first-order valence-electron chi connectivity index (χ1n) is 6.93. The molecule has 2 amide bonds. The number of unbranched alkanes of at least 4 members (excludes halogenated alkanes) is 1. The van der Waals surface area contributed by atoms with Crippen LogP contribution in [0.25, 0.3) is 0 Å². The highest BCUT2D eigenvalue weighted by Crippen LogP contribution is 2.22. The Kier molecular flexibility index (Phi) is 6.72. The maximum Gasteiger partial charge on any atom is 0.223 e. The second kappa shape index (κ2) is 8.08. The van der Waals surface area contributed by atoms with E-state index in [0.29, 0.717) is 38.4 Å². The highest BCUT2D eigenvalue weighted by Gasteiger charge is 2.23. The van der Waals surface area contributed by atoms with Gasteiger partial charge in [0.1, 0.15) is 0 Å². The van der Waals surface area contributed by atoms with Gasteiger partial charge in [0, 0.05) is 18.9 Å². The highest BCUT2D eigenvalue weighted by molar-refractivity contribution is 5.76. The Hall–Kier alpha value is -1.10. The summed E-state index contributed by atoms with van der Waals surface area (Å²) in [5.41, 5.74) is 10.7. The molecule has 1 aliphatic rings. The number of primary amides is 1. The lowest BCUT2D eigenvalue weighted by molar-refractivity contribution is -0.134. The molecule has 1 fully saturated rings. The van der Waals surface area contributed by atoms with Crippen LogP contribution in [0.15, 0.2) is 0 Å². The van der Waals surface area contributed by atoms with Crippen molar-refractivity contribution in [3.05, 3.63) is 0 Å². The van der Waals surface area contributed by atoms with Crippen LogP contribution in [0.5, 0.6) is 0 Å². The number of hydrogen-bond donors (Lipinski definition) is 2. The summed E-state index contributed by atoms with van der Waals surface area (Å²) in [4.78, 5) is 24.4. The van der Waals surface area contributed by atoms with Gasteiger partial charge >= 0.3 is 0 Å². The van der Waals surface area contributed by atoms with Gasteiger partial charge in [-0.15, -0.1) is 0 Å². The van der Waals surface area contributed by atoms with Gasteiger partial charge in [-0.2, -0.15) is 0 Å². The van der Waals surface area contributed by atoms with E-state index in [-0.39, 0.29) is 11.8 Å². The standard InChI is InChI=1S/C13H25N3O2/c14-10-16(11-6-2-1-3-7-11)13(18)9-5-4-8-12(15)17/h11H,1-10,14H2,(H2,15,17). The predicted octanol–water partition coefficient (Wildman–Crippen LogP) is 1.11. The van der Waals surface area contributed by atoms with E-state index in [0.717, 1.165) is 12.8 Å². The molecular formula is C13H25N3O2. The summed E-state index contributed by atoms with van der Waals surface area (Å²) < 4.78 is 0. The zero-order valence-corrected chi connectivity index (χ0v) is 11.1. The molecule has 0 aliphatic heterocycles. The van der Waals surface area contributed by atoms with Crippen LogP contribution in [0, 0.1) is 0 Å². The SMILES string of the molecule is NCN(C(=O)CCCCC(N)=O)C1CCCCC1. The van der Waals surface area contributed by atoms with Crippen molar-refractivity contribution in [2.75, 3.05) is 6.67 Å². The summed E-state index contributed by atoms with van der Waals surface area (Å²) in [7, 11) is 0. The Morgan fingerprint density at radius 2 is 1.67 bits per heavy atom. The van der Waals surface area contributed by atoms with Gasteiger partial charge in [-0.05, 0) is 25.7 Å². The first-order valence-corrected chi connectivity index (χ1v) is 6.93. The number of nitrogens with zero attached hydrogens (tertiary/aromatic N) is 1. The second-order valence-corrected chi connectivity index (χ2v) is 5.01. The number of nitrogens with two attached hydrogens (primary N) is 2. The van der Waals surface area contributed by atoms with Crippen molar-refractivity contribution in [3.63, 3.8) is 0 Å². The summed E-state index contributed by atoms with van der Waals surface area (Å²) in [6.07, 6.45) is 8.03. The van der Waals surface area contributed by atoms with E-state index in [1.807, 2.05) is 4.90 Å². The lowest BCUT2D eigenvalue weighted by Gasteiger charge is -2.33. The zero-order valence-electron chi connectivity index (χ0n) is 11.1. The monoisotopic (exact) mass is 255 g/mol. The van der Waals surface area contributed by atoms with Crippen molar-refractivity contribution < 1.29 is 9.59 Å². The van der Waals surface area contributed by atoms with Crippen LogP contribution in [0.4, 0.5) is 0 Å².